The van der Waals surface area contributed by atoms with Crippen molar-refractivity contribution in [1.29, 1.82) is 0 Å². The van der Waals surface area contributed by atoms with Gasteiger partial charge < -0.3 is 24.3 Å². The Labute approximate surface area is 158 Å². The third-order valence-electron chi connectivity index (χ3n) is 4.49. The van der Waals surface area contributed by atoms with E-state index in [1.165, 1.54) is 57.9 Å². The van der Waals surface area contributed by atoms with Gasteiger partial charge in [-0.25, -0.2) is 0 Å². The largest absolute Gasteiger partial charge is 0.484 e. The first kappa shape index (κ1) is 25.0. The first-order chi connectivity index (χ1) is 12.2. The lowest BCUT2D eigenvalue weighted by atomic mass is 9.94. The third kappa shape index (κ3) is 15.9. The molecule has 0 aliphatic carbocycles. The van der Waals surface area contributed by atoms with Crippen LogP contribution in [0.3, 0.4) is 0 Å². The summed E-state index contributed by atoms with van der Waals surface area (Å²) < 4.78 is 15.7. The van der Waals surface area contributed by atoms with Crippen LogP contribution in [0.1, 0.15) is 79.1 Å². The molecule has 1 rings (SSSR count). The normalized spacial score (nSPS) is 21.6. The number of nitrogens with two attached hydrogens (primary N) is 1. The van der Waals surface area contributed by atoms with E-state index in [-0.39, 0.29) is 0 Å². The van der Waals surface area contributed by atoms with Crippen molar-refractivity contribution in [3.05, 3.63) is 0 Å². The Bertz CT molecular complexity index is 245. The van der Waals surface area contributed by atoms with E-state index in [9.17, 15) is 0 Å². The number of hydrogen-bond donors (Lipinski definition) is 2. The quantitative estimate of drug-likeness (QED) is 0.666. The van der Waals surface area contributed by atoms with Gasteiger partial charge in [-0.15, -0.1) is 0 Å². The maximum atomic E-state index is 6.01. The van der Waals surface area contributed by atoms with Crippen molar-refractivity contribution in [3.8, 4) is 0 Å². The molecule has 1 aliphatic heterocycles. The lowest BCUT2D eigenvalue weighted by Crippen LogP contribution is -2.35. The fourth-order valence-electron chi connectivity index (χ4n) is 2.93. The minimum atomic E-state index is -1.73. The molecule has 2 unspecified atom stereocenters. The van der Waals surface area contributed by atoms with Crippen LogP contribution >= 0.6 is 0 Å². The summed E-state index contributed by atoms with van der Waals surface area (Å²) in [5, 5.41) is 3.55. The molecule has 1 saturated heterocycles. The molecule has 25 heavy (non-hydrogen) atoms. The van der Waals surface area contributed by atoms with Gasteiger partial charge in [0, 0.05) is 25.9 Å². The number of nitrogens with one attached hydrogen (secondary N) is 1. The molecule has 152 valence electrons. The molecule has 0 spiro atoms. The average Bonchev–Trinajstić information content (AvgIpc) is 2.56. The van der Waals surface area contributed by atoms with Crippen LogP contribution in [0.4, 0.5) is 0 Å². The van der Waals surface area contributed by atoms with Crippen molar-refractivity contribution < 1.29 is 13.3 Å². The molecular formula is C19H44N2O3Si. The molecule has 1 aliphatic rings. The molecule has 0 aromatic rings. The van der Waals surface area contributed by atoms with Gasteiger partial charge in [0.15, 0.2) is 0 Å². The second kappa shape index (κ2) is 18.8. The maximum absolute atomic E-state index is 6.01. The smallest absolute Gasteiger partial charge is 0.376 e. The highest BCUT2D eigenvalue weighted by molar-refractivity contribution is 6.36. The summed E-state index contributed by atoms with van der Waals surface area (Å²) in [6, 6.07) is 0.348. The van der Waals surface area contributed by atoms with E-state index < -0.39 is 9.53 Å². The topological polar surface area (TPSA) is 65.7 Å². The molecule has 0 saturated carbocycles. The van der Waals surface area contributed by atoms with E-state index in [2.05, 4.69) is 12.2 Å². The number of rotatable bonds is 7. The van der Waals surface area contributed by atoms with E-state index in [1.807, 2.05) is 20.8 Å². The van der Waals surface area contributed by atoms with Gasteiger partial charge in [0.1, 0.15) is 0 Å². The van der Waals surface area contributed by atoms with E-state index in [0.717, 1.165) is 6.54 Å². The zero-order valence-corrected chi connectivity index (χ0v) is 18.4. The van der Waals surface area contributed by atoms with Gasteiger partial charge in [-0.2, -0.15) is 0 Å². The van der Waals surface area contributed by atoms with Crippen LogP contribution in [-0.4, -0.2) is 48.5 Å². The zero-order chi connectivity index (χ0) is 18.8. The highest BCUT2D eigenvalue weighted by Crippen LogP contribution is 2.15. The monoisotopic (exact) mass is 376 g/mol. The van der Waals surface area contributed by atoms with Crippen LogP contribution in [0, 0.1) is 5.92 Å². The number of hydrogen-bond acceptors (Lipinski definition) is 5. The summed E-state index contributed by atoms with van der Waals surface area (Å²) in [6.07, 6.45) is 11.1. The summed E-state index contributed by atoms with van der Waals surface area (Å²) in [6.45, 7) is 12.3. The molecule has 1 heterocycles. The van der Waals surface area contributed by atoms with Crippen LogP contribution in [0.25, 0.3) is 0 Å². The van der Waals surface area contributed by atoms with Crippen molar-refractivity contribution >= 4 is 9.53 Å². The molecule has 6 heteroatoms. The first-order valence-electron chi connectivity index (χ1n) is 10.5. The van der Waals surface area contributed by atoms with Crippen LogP contribution in [0.2, 0.25) is 0 Å². The van der Waals surface area contributed by atoms with Crippen molar-refractivity contribution in [1.82, 2.24) is 5.32 Å². The van der Waals surface area contributed by atoms with Gasteiger partial charge in [0.2, 0.25) is 0 Å². The van der Waals surface area contributed by atoms with Crippen molar-refractivity contribution in [2.75, 3.05) is 32.9 Å². The van der Waals surface area contributed by atoms with E-state index in [1.54, 1.807) is 0 Å². The molecule has 5 nitrogen and oxygen atoms in total. The predicted molar refractivity (Wildman–Crippen MR) is 109 cm³/mol. The first-order valence-corrected chi connectivity index (χ1v) is 11.9. The fraction of sp³-hybridized carbons (Fsp3) is 1.00. The molecule has 0 radical (unpaired) electrons. The Morgan fingerprint density at radius 2 is 1.36 bits per heavy atom. The predicted octanol–water partition coefficient (Wildman–Crippen LogP) is 3.49. The molecule has 0 amide bonds. The van der Waals surface area contributed by atoms with Gasteiger partial charge in [0.05, 0.1) is 0 Å². The molecule has 3 N–H and O–H groups in total. The summed E-state index contributed by atoms with van der Waals surface area (Å²) in [5.41, 5.74) is 6.01. The Kier molecular flexibility index (Phi) is 18.8. The second-order valence-electron chi connectivity index (χ2n) is 6.74. The lowest BCUT2D eigenvalue weighted by molar-refractivity contribution is 0.107. The molecule has 0 bridgehead atoms. The fourth-order valence-corrected chi connectivity index (χ4v) is 4.04. The molecular weight excluding hydrogens is 332 g/mol. The molecule has 2 atom stereocenters. The Morgan fingerprint density at radius 3 is 1.84 bits per heavy atom. The Balaban J connectivity index is 0.000000504. The van der Waals surface area contributed by atoms with Gasteiger partial charge >= 0.3 is 9.53 Å². The van der Waals surface area contributed by atoms with Crippen molar-refractivity contribution in [2.24, 2.45) is 11.7 Å². The van der Waals surface area contributed by atoms with E-state index in [0.29, 0.717) is 31.8 Å². The highest BCUT2D eigenvalue weighted by atomic mass is 28.3. The summed E-state index contributed by atoms with van der Waals surface area (Å²) in [7, 11) is -1.73. The van der Waals surface area contributed by atoms with Gasteiger partial charge in [-0.1, -0.05) is 38.5 Å². The maximum Gasteiger partial charge on any atom is 0.484 e. The summed E-state index contributed by atoms with van der Waals surface area (Å²) in [4.78, 5) is 0. The van der Waals surface area contributed by atoms with Gasteiger partial charge in [-0.3, -0.25) is 0 Å². The Hall–Kier alpha value is 0.0169. The van der Waals surface area contributed by atoms with E-state index >= 15 is 0 Å². The minimum Gasteiger partial charge on any atom is -0.376 e. The van der Waals surface area contributed by atoms with Gasteiger partial charge in [-0.05, 0) is 59.5 Å². The lowest BCUT2D eigenvalue weighted by Gasteiger charge is -2.21. The van der Waals surface area contributed by atoms with Crippen LogP contribution in [-0.2, 0) is 13.3 Å². The standard InChI is InChI=1S/C13H28N2.C6H16O3Si/c1-12(14)13-9-7-5-3-2-4-6-8-10-15-11-13;1-4-7-10(8-5-2)9-6-3/h12-13,15H,2-11,14H2,1H3;10H,4-6H2,1-3H3. The zero-order valence-electron chi connectivity index (χ0n) is 17.2. The van der Waals surface area contributed by atoms with Crippen LogP contribution < -0.4 is 11.1 Å². The molecule has 0 aromatic heterocycles. The third-order valence-corrected chi connectivity index (χ3v) is 6.30. The van der Waals surface area contributed by atoms with Crippen molar-refractivity contribution in [2.45, 2.75) is 85.1 Å². The highest BCUT2D eigenvalue weighted by Gasteiger charge is 2.13. The molecule has 0 aromatic carbocycles. The molecule has 1 fully saturated rings. The summed E-state index contributed by atoms with van der Waals surface area (Å²) >= 11 is 0. The SMILES string of the molecule is CC(N)C1CCCCCCCCCNC1.CCO[SiH](OCC)OCC. The summed E-state index contributed by atoms with van der Waals surface area (Å²) in [5.74, 6) is 0.685. The Morgan fingerprint density at radius 1 is 0.880 bits per heavy atom. The van der Waals surface area contributed by atoms with E-state index in [4.69, 9.17) is 19.0 Å². The average molecular weight is 377 g/mol. The van der Waals surface area contributed by atoms with Crippen molar-refractivity contribution in [3.63, 3.8) is 0 Å². The van der Waals surface area contributed by atoms with Crippen LogP contribution in [0.5, 0.6) is 0 Å². The minimum absolute atomic E-state index is 0.348. The van der Waals surface area contributed by atoms with Crippen LogP contribution in [0.15, 0.2) is 0 Å². The van der Waals surface area contributed by atoms with Gasteiger partial charge in [0.25, 0.3) is 0 Å². The second-order valence-corrected chi connectivity index (χ2v) is 8.32.